The van der Waals surface area contributed by atoms with E-state index in [4.69, 9.17) is 21.1 Å². The molecule has 0 spiro atoms. The summed E-state index contributed by atoms with van der Waals surface area (Å²) in [6.07, 6.45) is 1.80. The molecule has 5 heteroatoms. The van der Waals surface area contributed by atoms with Crippen molar-refractivity contribution in [1.82, 2.24) is 5.32 Å². The minimum Gasteiger partial charge on any atom is -0.497 e. The molecule has 2 aromatic rings. The fourth-order valence-electron chi connectivity index (χ4n) is 2.43. The minimum absolute atomic E-state index is 0.114. The summed E-state index contributed by atoms with van der Waals surface area (Å²) in [5.41, 5.74) is 1.22. The fraction of sp³-hybridized carbons (Fsp3) is 0.350. The number of halogens is 1. The maximum Gasteiger partial charge on any atom is 0.261 e. The lowest BCUT2D eigenvalue weighted by Crippen LogP contribution is -2.38. The molecule has 0 aromatic heterocycles. The van der Waals surface area contributed by atoms with E-state index in [9.17, 15) is 4.79 Å². The van der Waals surface area contributed by atoms with E-state index in [0.717, 1.165) is 18.6 Å². The van der Waals surface area contributed by atoms with Crippen LogP contribution in [0.4, 0.5) is 0 Å². The largest absolute Gasteiger partial charge is 0.497 e. The lowest BCUT2D eigenvalue weighted by Gasteiger charge is -2.18. The zero-order chi connectivity index (χ0) is 18.1. The normalized spacial score (nSPS) is 11.6. The molecule has 0 aliphatic carbocycles. The van der Waals surface area contributed by atoms with Gasteiger partial charge in [-0.25, -0.2) is 0 Å². The van der Waals surface area contributed by atoms with Gasteiger partial charge in [0.15, 0.2) is 6.10 Å². The maximum absolute atomic E-state index is 12.3. The van der Waals surface area contributed by atoms with Gasteiger partial charge in [-0.15, -0.1) is 0 Å². The summed E-state index contributed by atoms with van der Waals surface area (Å²) in [6.45, 7) is 2.52. The Labute approximate surface area is 154 Å². The molecule has 0 heterocycles. The molecule has 134 valence electrons. The average Bonchev–Trinajstić information content (AvgIpc) is 2.65. The SMILES string of the molecule is CC[C@@H](Oc1ccccc1Cl)C(=O)NCCCc1ccc(OC)cc1. The Morgan fingerprint density at radius 3 is 2.52 bits per heavy atom. The van der Waals surface area contributed by atoms with Crippen LogP contribution in [0.1, 0.15) is 25.3 Å². The van der Waals surface area contributed by atoms with Crippen LogP contribution >= 0.6 is 11.6 Å². The highest BCUT2D eigenvalue weighted by molar-refractivity contribution is 6.32. The number of carbonyl (C=O) groups is 1. The third-order valence-electron chi connectivity index (χ3n) is 3.87. The Bertz CT molecular complexity index is 673. The topological polar surface area (TPSA) is 47.6 Å². The Balaban J connectivity index is 1.76. The smallest absolute Gasteiger partial charge is 0.261 e. The first-order valence-electron chi connectivity index (χ1n) is 8.46. The van der Waals surface area contributed by atoms with E-state index in [1.54, 1.807) is 19.2 Å². The Hall–Kier alpha value is -2.20. The number of carbonyl (C=O) groups excluding carboxylic acids is 1. The van der Waals surface area contributed by atoms with Gasteiger partial charge in [-0.3, -0.25) is 4.79 Å². The standard InChI is InChI=1S/C20H24ClNO3/c1-3-18(25-19-9-5-4-8-17(19)21)20(23)22-14-6-7-15-10-12-16(24-2)13-11-15/h4-5,8-13,18H,3,6-7,14H2,1-2H3,(H,22,23)/t18-/m1/s1. The van der Waals surface area contributed by atoms with Crippen molar-refractivity contribution in [1.29, 1.82) is 0 Å². The molecular weight excluding hydrogens is 338 g/mol. The summed E-state index contributed by atoms with van der Waals surface area (Å²) in [5, 5.41) is 3.44. The molecule has 1 atom stereocenters. The van der Waals surface area contributed by atoms with E-state index in [1.165, 1.54) is 5.56 Å². The molecule has 0 saturated heterocycles. The molecule has 4 nitrogen and oxygen atoms in total. The maximum atomic E-state index is 12.3. The average molecular weight is 362 g/mol. The Morgan fingerprint density at radius 2 is 1.88 bits per heavy atom. The lowest BCUT2D eigenvalue weighted by atomic mass is 10.1. The highest BCUT2D eigenvalue weighted by atomic mass is 35.5. The molecule has 0 fully saturated rings. The van der Waals surface area contributed by atoms with Crippen LogP contribution in [0.25, 0.3) is 0 Å². The molecule has 0 bridgehead atoms. The highest BCUT2D eigenvalue weighted by Crippen LogP contribution is 2.24. The van der Waals surface area contributed by atoms with Gasteiger partial charge < -0.3 is 14.8 Å². The predicted molar refractivity (Wildman–Crippen MR) is 100 cm³/mol. The van der Waals surface area contributed by atoms with Gasteiger partial charge in [0.05, 0.1) is 12.1 Å². The van der Waals surface area contributed by atoms with E-state index < -0.39 is 6.10 Å². The van der Waals surface area contributed by atoms with Gasteiger partial charge >= 0.3 is 0 Å². The van der Waals surface area contributed by atoms with Crippen LogP contribution in [0.5, 0.6) is 11.5 Å². The number of hydrogen-bond acceptors (Lipinski definition) is 3. The van der Waals surface area contributed by atoms with E-state index in [1.807, 2.05) is 43.3 Å². The van der Waals surface area contributed by atoms with Gasteiger partial charge in [-0.05, 0) is 49.1 Å². The summed E-state index contributed by atoms with van der Waals surface area (Å²) in [6, 6.07) is 15.1. The minimum atomic E-state index is -0.541. The van der Waals surface area contributed by atoms with Gasteiger partial charge in [0.25, 0.3) is 5.91 Å². The molecule has 25 heavy (non-hydrogen) atoms. The Morgan fingerprint density at radius 1 is 1.16 bits per heavy atom. The first-order valence-corrected chi connectivity index (χ1v) is 8.83. The summed E-state index contributed by atoms with van der Waals surface area (Å²) < 4.78 is 10.9. The monoisotopic (exact) mass is 361 g/mol. The van der Waals surface area contributed by atoms with E-state index in [-0.39, 0.29) is 5.91 Å². The second-order valence-corrected chi connectivity index (χ2v) is 6.10. The number of aryl methyl sites for hydroxylation is 1. The second kappa shape index (κ2) is 9.94. The number of methoxy groups -OCH3 is 1. The van der Waals surface area contributed by atoms with Crippen molar-refractivity contribution in [3.8, 4) is 11.5 Å². The summed E-state index contributed by atoms with van der Waals surface area (Å²) in [7, 11) is 1.65. The molecule has 0 aliphatic heterocycles. The highest BCUT2D eigenvalue weighted by Gasteiger charge is 2.18. The van der Waals surface area contributed by atoms with Crippen LogP contribution in [0, 0.1) is 0 Å². The molecule has 2 aromatic carbocycles. The van der Waals surface area contributed by atoms with Crippen LogP contribution in [0.2, 0.25) is 5.02 Å². The van der Waals surface area contributed by atoms with Crippen molar-refractivity contribution in [3.05, 3.63) is 59.1 Å². The van der Waals surface area contributed by atoms with Crippen molar-refractivity contribution in [2.24, 2.45) is 0 Å². The Kier molecular flexibility index (Phi) is 7.61. The number of nitrogens with one attached hydrogen (secondary N) is 1. The van der Waals surface area contributed by atoms with Crippen molar-refractivity contribution in [2.45, 2.75) is 32.3 Å². The number of benzene rings is 2. The van der Waals surface area contributed by atoms with Crippen LogP contribution < -0.4 is 14.8 Å². The van der Waals surface area contributed by atoms with Crippen LogP contribution in [-0.2, 0) is 11.2 Å². The number of ether oxygens (including phenoxy) is 2. The number of hydrogen-bond donors (Lipinski definition) is 1. The summed E-state index contributed by atoms with van der Waals surface area (Å²) in [5.74, 6) is 1.26. The zero-order valence-corrected chi connectivity index (χ0v) is 15.4. The van der Waals surface area contributed by atoms with Crippen molar-refractivity contribution in [3.63, 3.8) is 0 Å². The second-order valence-electron chi connectivity index (χ2n) is 5.69. The number of amides is 1. The van der Waals surface area contributed by atoms with Gasteiger partial charge in [-0.1, -0.05) is 42.8 Å². The first kappa shape index (κ1) is 19.1. The van der Waals surface area contributed by atoms with E-state index in [0.29, 0.717) is 23.7 Å². The van der Waals surface area contributed by atoms with Crippen LogP contribution in [-0.4, -0.2) is 25.7 Å². The summed E-state index contributed by atoms with van der Waals surface area (Å²) >= 11 is 6.08. The molecule has 0 radical (unpaired) electrons. The van der Waals surface area contributed by atoms with Gasteiger partial charge in [-0.2, -0.15) is 0 Å². The quantitative estimate of drug-likeness (QED) is 0.679. The van der Waals surface area contributed by atoms with Crippen LogP contribution in [0.15, 0.2) is 48.5 Å². The molecule has 0 aliphatic rings. The molecule has 0 saturated carbocycles. The lowest BCUT2D eigenvalue weighted by molar-refractivity contribution is -0.128. The van der Waals surface area contributed by atoms with Crippen molar-refractivity contribution >= 4 is 17.5 Å². The van der Waals surface area contributed by atoms with Gasteiger partial charge in [0.2, 0.25) is 0 Å². The van der Waals surface area contributed by atoms with Gasteiger partial charge in [0, 0.05) is 6.54 Å². The van der Waals surface area contributed by atoms with E-state index in [2.05, 4.69) is 5.32 Å². The van der Waals surface area contributed by atoms with Crippen molar-refractivity contribution in [2.75, 3.05) is 13.7 Å². The van der Waals surface area contributed by atoms with Crippen molar-refractivity contribution < 1.29 is 14.3 Å². The summed E-state index contributed by atoms with van der Waals surface area (Å²) in [4.78, 5) is 12.3. The third-order valence-corrected chi connectivity index (χ3v) is 4.18. The molecular formula is C20H24ClNO3. The van der Waals surface area contributed by atoms with E-state index >= 15 is 0 Å². The fourth-order valence-corrected chi connectivity index (χ4v) is 2.61. The first-order chi connectivity index (χ1) is 12.1. The van der Waals surface area contributed by atoms with Crippen LogP contribution in [0.3, 0.4) is 0 Å². The zero-order valence-electron chi connectivity index (χ0n) is 14.6. The molecule has 1 N–H and O–H groups in total. The molecule has 1 amide bonds. The number of rotatable bonds is 9. The molecule has 2 rings (SSSR count). The number of para-hydroxylation sites is 1. The van der Waals surface area contributed by atoms with Gasteiger partial charge in [0.1, 0.15) is 11.5 Å². The predicted octanol–water partition coefficient (Wildman–Crippen LogP) is 4.26. The third kappa shape index (κ3) is 5.98. The molecule has 0 unspecified atom stereocenters.